The molecule has 4 nitrogen and oxygen atoms in total. The smallest absolute Gasteiger partial charge is 0.460 e. The van der Waals surface area contributed by atoms with Crippen molar-refractivity contribution in [2.75, 3.05) is 0 Å². The average Bonchev–Trinajstić information content (AvgIpc) is 2.66. The number of alkyl halides is 24. The summed E-state index contributed by atoms with van der Waals surface area (Å²) in [4.78, 5) is 0. The van der Waals surface area contributed by atoms with Crippen LogP contribution >= 0.6 is 0 Å². The summed E-state index contributed by atoms with van der Waals surface area (Å²) in [6, 6.07) is 0. The molecule has 0 aromatic heterocycles. The molecule has 0 spiro atoms. The van der Waals surface area contributed by atoms with Gasteiger partial charge in [-0.1, -0.05) is 0 Å². The van der Waals surface area contributed by atoms with E-state index < -0.39 is 80.8 Å². The van der Waals surface area contributed by atoms with Crippen LogP contribution in [0.1, 0.15) is 0 Å². The van der Waals surface area contributed by atoms with Crippen molar-refractivity contribution in [1.82, 2.24) is 0 Å². The van der Waals surface area contributed by atoms with Crippen molar-refractivity contribution in [3.05, 3.63) is 0 Å². The molecule has 0 aliphatic rings. The van der Waals surface area contributed by atoms with E-state index in [1.54, 1.807) is 0 Å². The lowest BCUT2D eigenvalue weighted by Gasteiger charge is -2.49. The van der Waals surface area contributed by atoms with Gasteiger partial charge < -0.3 is 18.6 Å². The monoisotopic (exact) mass is 679 g/mol. The molecule has 0 aliphatic heterocycles. The van der Waals surface area contributed by atoms with Crippen molar-refractivity contribution in [2.24, 2.45) is 0 Å². The molecule has 0 saturated carbocycles. The highest BCUT2D eigenvalue weighted by Crippen LogP contribution is 2.48. The Kier molecular flexibility index (Phi) is 10.9. The van der Waals surface area contributed by atoms with Gasteiger partial charge in [-0.2, -0.15) is 87.8 Å². The Morgan fingerprint density at radius 1 is 0.293 bits per heavy atom. The summed E-state index contributed by atoms with van der Waals surface area (Å²) in [5.74, 6) is 0. The van der Waals surface area contributed by atoms with Crippen LogP contribution in [0.3, 0.4) is 0 Å². The second-order valence-corrected chi connectivity index (χ2v) is 6.91. The summed E-state index contributed by atoms with van der Waals surface area (Å²) in [5, 5.41) is 0. The van der Waals surface area contributed by atoms with Crippen molar-refractivity contribution < 1.29 is 124 Å². The van der Waals surface area contributed by atoms with E-state index in [2.05, 4.69) is 0 Å². The fraction of sp³-hybridized carbons (Fsp3) is 1.00. The van der Waals surface area contributed by atoms with Crippen molar-refractivity contribution in [3.8, 4) is 0 Å². The lowest BCUT2D eigenvalue weighted by Crippen LogP contribution is -2.68. The Morgan fingerprint density at radius 2 is 0.415 bits per heavy atom. The van der Waals surface area contributed by atoms with Gasteiger partial charge in [-0.05, 0) is 0 Å². The summed E-state index contributed by atoms with van der Waals surface area (Å²) >= 11 is 0. The standard InChI is InChI=1S/C12H4BF24O4/c14-1(5(18,19)20)9(30,31)38-13(39-10(32,33)2(15)6(21,22)23,40-11(34,35)3(16)7(24,25)26)41-12(36,37)4(17)8(27,28)29/h1-4H/q-1. The molecule has 0 amide bonds. The van der Waals surface area contributed by atoms with E-state index in [1.165, 1.54) is 0 Å². The molecule has 0 bridgehead atoms. The zero-order valence-corrected chi connectivity index (χ0v) is 17.6. The van der Waals surface area contributed by atoms with Crippen molar-refractivity contribution in [2.45, 2.75) is 73.8 Å². The highest BCUT2D eigenvalue weighted by atomic mass is 19.4. The summed E-state index contributed by atoms with van der Waals surface area (Å²) in [6.45, 7) is -8.69. The zero-order valence-electron chi connectivity index (χ0n) is 17.6. The number of hydrogen-bond donors (Lipinski definition) is 0. The molecule has 0 N–H and O–H groups in total. The van der Waals surface area contributed by atoms with E-state index in [9.17, 15) is 105 Å². The predicted molar refractivity (Wildman–Crippen MR) is 73.7 cm³/mol. The summed E-state index contributed by atoms with van der Waals surface area (Å²) in [6.07, 6.45) is -84.7. The van der Waals surface area contributed by atoms with Crippen LogP contribution in [0.5, 0.6) is 0 Å². The molecule has 0 rings (SSSR count). The fourth-order valence-corrected chi connectivity index (χ4v) is 1.92. The highest BCUT2D eigenvalue weighted by Gasteiger charge is 2.70. The topological polar surface area (TPSA) is 36.9 Å². The van der Waals surface area contributed by atoms with Gasteiger partial charge >= 0.3 is 56.1 Å². The minimum absolute atomic E-state index is 1.84. The molecular formula is C12H4BF24O4-. The summed E-state index contributed by atoms with van der Waals surface area (Å²) in [5.41, 5.74) is 0. The van der Waals surface area contributed by atoms with Crippen molar-refractivity contribution in [3.63, 3.8) is 0 Å². The first-order valence-electron chi connectivity index (χ1n) is 8.72. The third-order valence-corrected chi connectivity index (χ3v) is 3.54. The molecule has 0 aromatic rings. The fourth-order valence-electron chi connectivity index (χ4n) is 1.92. The Labute approximate surface area is 206 Å². The molecule has 248 valence electrons. The van der Waals surface area contributed by atoms with Crippen LogP contribution in [0, 0.1) is 0 Å². The SMILES string of the molecule is FC(C(F)(F)F)C(F)(F)O[B-](OC(F)(F)C(F)C(F)(F)F)(OC(F)(F)C(F)C(F)(F)F)OC(F)(F)C(F)C(F)(F)F. The predicted octanol–water partition coefficient (Wildman–Crippen LogP) is 7.46. The number of halogens is 24. The molecule has 0 heterocycles. The molecule has 0 aromatic carbocycles. The maximum Gasteiger partial charge on any atom is 0.547 e. The normalized spacial score (nSPS) is 19.9. The third-order valence-electron chi connectivity index (χ3n) is 3.54. The van der Waals surface area contributed by atoms with Crippen LogP contribution in [0.15, 0.2) is 0 Å². The zero-order chi connectivity index (χ0) is 33.6. The molecule has 4 unspecified atom stereocenters. The summed E-state index contributed by atoms with van der Waals surface area (Å²) < 4.78 is 316. The lowest BCUT2D eigenvalue weighted by atomic mass is 10.0. The second kappa shape index (κ2) is 11.4. The molecule has 29 heteroatoms. The maximum absolute atomic E-state index is 13.6. The number of rotatable bonds is 12. The number of hydrogen-bond acceptors (Lipinski definition) is 4. The van der Waals surface area contributed by atoms with Gasteiger partial charge in [0.2, 0.25) is 0 Å². The van der Waals surface area contributed by atoms with E-state index in [1.807, 2.05) is 18.6 Å². The van der Waals surface area contributed by atoms with Gasteiger partial charge in [-0.3, -0.25) is 0 Å². The van der Waals surface area contributed by atoms with Crippen molar-refractivity contribution >= 4 is 6.96 Å². The van der Waals surface area contributed by atoms with E-state index in [0.29, 0.717) is 0 Å². The van der Waals surface area contributed by atoms with Gasteiger partial charge in [-0.25, -0.2) is 17.6 Å². The van der Waals surface area contributed by atoms with E-state index in [-0.39, 0.29) is 0 Å². The molecular weight excluding hydrogens is 675 g/mol. The Bertz CT molecular complexity index is 719. The van der Waals surface area contributed by atoms with E-state index >= 15 is 0 Å². The third kappa shape index (κ3) is 10.2. The van der Waals surface area contributed by atoms with Gasteiger partial charge in [0.1, 0.15) is 0 Å². The first kappa shape index (κ1) is 39.2. The van der Waals surface area contributed by atoms with Crippen LogP contribution < -0.4 is 0 Å². The molecule has 0 radical (unpaired) electrons. The van der Waals surface area contributed by atoms with Crippen molar-refractivity contribution in [1.29, 1.82) is 0 Å². The minimum atomic E-state index is -8.69. The van der Waals surface area contributed by atoms with Crippen LogP contribution in [0.2, 0.25) is 0 Å². The van der Waals surface area contributed by atoms with Crippen LogP contribution in [0.25, 0.3) is 0 Å². The van der Waals surface area contributed by atoms with E-state index in [4.69, 9.17) is 0 Å². The Hall–Kier alpha value is -1.78. The van der Waals surface area contributed by atoms with Gasteiger partial charge in [-0.15, -0.1) is 0 Å². The highest BCUT2D eigenvalue weighted by molar-refractivity contribution is 6.54. The average molecular weight is 679 g/mol. The van der Waals surface area contributed by atoms with Gasteiger partial charge in [0, 0.05) is 0 Å². The first-order chi connectivity index (χ1) is 17.4. The second-order valence-electron chi connectivity index (χ2n) is 6.91. The molecule has 41 heavy (non-hydrogen) atoms. The van der Waals surface area contributed by atoms with Crippen LogP contribution in [-0.4, -0.2) is 80.8 Å². The van der Waals surface area contributed by atoms with E-state index in [0.717, 1.165) is 0 Å². The largest absolute Gasteiger partial charge is 0.547 e. The molecule has 0 aliphatic carbocycles. The van der Waals surface area contributed by atoms with Crippen LogP contribution in [-0.2, 0) is 18.6 Å². The van der Waals surface area contributed by atoms with Crippen LogP contribution in [0.4, 0.5) is 105 Å². The molecule has 0 saturated heterocycles. The van der Waals surface area contributed by atoms with Gasteiger partial charge in [0.25, 0.3) is 24.7 Å². The lowest BCUT2D eigenvalue weighted by molar-refractivity contribution is -0.400. The summed E-state index contributed by atoms with van der Waals surface area (Å²) in [7, 11) is 0. The van der Waals surface area contributed by atoms with Gasteiger partial charge in [0.15, 0.2) is 0 Å². The molecule has 0 fully saturated rings. The molecule has 4 atom stereocenters. The maximum atomic E-state index is 13.6. The van der Waals surface area contributed by atoms with Gasteiger partial charge in [0.05, 0.1) is 0 Å². The first-order valence-corrected chi connectivity index (χ1v) is 8.72. The Balaban J connectivity index is 7.59. The minimum Gasteiger partial charge on any atom is -0.460 e. The quantitative estimate of drug-likeness (QED) is 0.159. The Morgan fingerprint density at radius 3 is 0.512 bits per heavy atom.